The number of rotatable bonds is 4. The second kappa shape index (κ2) is 6.39. The Morgan fingerprint density at radius 1 is 1.35 bits per heavy atom. The fraction of sp³-hybridized carbons (Fsp3) is 0.643. The zero-order valence-electron chi connectivity index (χ0n) is 10.5. The van der Waals surface area contributed by atoms with E-state index in [-0.39, 0.29) is 0 Å². The van der Waals surface area contributed by atoms with E-state index in [1.54, 1.807) is 0 Å². The summed E-state index contributed by atoms with van der Waals surface area (Å²) in [6, 6.07) is 5.07. The number of nitrogens with zero attached hydrogens (tertiary/aromatic N) is 2. The Morgan fingerprint density at radius 3 is 2.76 bits per heavy atom. The van der Waals surface area contributed by atoms with Gasteiger partial charge in [0.1, 0.15) is 0 Å². The van der Waals surface area contributed by atoms with Gasteiger partial charge in [0.15, 0.2) is 0 Å². The molecule has 1 heterocycles. The molecular formula is C14H21BrN2. The lowest BCUT2D eigenvalue weighted by Crippen LogP contribution is -2.38. The van der Waals surface area contributed by atoms with E-state index >= 15 is 0 Å². The second-order valence-electron chi connectivity index (χ2n) is 4.83. The van der Waals surface area contributed by atoms with E-state index in [2.05, 4.69) is 44.9 Å². The molecule has 0 bridgehead atoms. The van der Waals surface area contributed by atoms with Gasteiger partial charge in [0, 0.05) is 35.5 Å². The third-order valence-corrected chi connectivity index (χ3v) is 3.91. The number of anilines is 1. The van der Waals surface area contributed by atoms with Gasteiger partial charge in [-0.05, 0) is 31.9 Å². The Hall–Kier alpha value is -0.570. The highest BCUT2D eigenvalue weighted by Crippen LogP contribution is 2.27. The number of aryl methyl sites for hydroxylation is 1. The van der Waals surface area contributed by atoms with Gasteiger partial charge in [0.25, 0.3) is 0 Å². The fourth-order valence-electron chi connectivity index (χ4n) is 2.72. The van der Waals surface area contributed by atoms with Crippen molar-refractivity contribution in [2.24, 2.45) is 0 Å². The van der Waals surface area contributed by atoms with Crippen LogP contribution in [0.5, 0.6) is 0 Å². The van der Waals surface area contributed by atoms with Crippen molar-refractivity contribution in [3.63, 3.8) is 0 Å². The maximum absolute atomic E-state index is 4.29. The zero-order valence-corrected chi connectivity index (χ0v) is 12.1. The van der Waals surface area contributed by atoms with Crippen LogP contribution >= 0.6 is 15.9 Å². The SMILES string of the molecule is Cc1cc(N(CCBr)C2CCCCC2)ccn1. The van der Waals surface area contributed by atoms with Crippen molar-refractivity contribution >= 4 is 21.6 Å². The van der Waals surface area contributed by atoms with Crippen molar-refractivity contribution in [3.8, 4) is 0 Å². The summed E-state index contributed by atoms with van der Waals surface area (Å²) < 4.78 is 0. The van der Waals surface area contributed by atoms with Gasteiger partial charge in [0.05, 0.1) is 0 Å². The minimum Gasteiger partial charge on any atom is -0.368 e. The molecule has 1 saturated carbocycles. The Bertz CT molecular complexity index is 348. The van der Waals surface area contributed by atoms with Gasteiger partial charge in [-0.15, -0.1) is 0 Å². The monoisotopic (exact) mass is 296 g/mol. The highest BCUT2D eigenvalue weighted by atomic mass is 79.9. The smallest absolute Gasteiger partial charge is 0.0402 e. The van der Waals surface area contributed by atoms with Crippen LogP contribution in [0.2, 0.25) is 0 Å². The fourth-order valence-corrected chi connectivity index (χ4v) is 3.10. The van der Waals surface area contributed by atoms with Gasteiger partial charge in [-0.1, -0.05) is 35.2 Å². The van der Waals surface area contributed by atoms with E-state index in [0.29, 0.717) is 0 Å². The molecule has 0 amide bonds. The lowest BCUT2D eigenvalue weighted by molar-refractivity contribution is 0.419. The van der Waals surface area contributed by atoms with E-state index in [4.69, 9.17) is 0 Å². The number of hydrogen-bond acceptors (Lipinski definition) is 2. The van der Waals surface area contributed by atoms with Crippen LogP contribution in [0.1, 0.15) is 37.8 Å². The van der Waals surface area contributed by atoms with Gasteiger partial charge >= 0.3 is 0 Å². The van der Waals surface area contributed by atoms with Crippen LogP contribution in [0.15, 0.2) is 18.3 Å². The summed E-state index contributed by atoms with van der Waals surface area (Å²) in [5, 5.41) is 1.03. The number of aromatic nitrogens is 1. The normalized spacial score (nSPS) is 17.1. The van der Waals surface area contributed by atoms with Crippen LogP contribution < -0.4 is 4.90 Å². The Kier molecular flexibility index (Phi) is 4.84. The molecule has 2 rings (SSSR count). The largest absolute Gasteiger partial charge is 0.368 e. The topological polar surface area (TPSA) is 16.1 Å². The molecule has 94 valence electrons. The third-order valence-electron chi connectivity index (χ3n) is 3.55. The number of hydrogen-bond donors (Lipinski definition) is 0. The standard InChI is InChI=1S/C14H21BrN2/c1-12-11-14(7-9-16-12)17(10-8-15)13-5-3-2-4-6-13/h7,9,11,13H,2-6,8,10H2,1H3. The predicted octanol–water partition coefficient (Wildman–Crippen LogP) is 3.92. The second-order valence-corrected chi connectivity index (χ2v) is 5.62. The molecule has 0 aromatic carbocycles. The Labute approximate surface area is 113 Å². The molecule has 0 aliphatic heterocycles. The Morgan fingerprint density at radius 2 is 2.12 bits per heavy atom. The first-order valence-electron chi connectivity index (χ1n) is 6.56. The summed E-state index contributed by atoms with van der Waals surface area (Å²) >= 11 is 3.58. The van der Waals surface area contributed by atoms with Crippen molar-refractivity contribution in [2.45, 2.75) is 45.1 Å². The maximum Gasteiger partial charge on any atom is 0.0402 e. The van der Waals surface area contributed by atoms with Crippen molar-refractivity contribution < 1.29 is 0 Å². The van der Waals surface area contributed by atoms with E-state index in [1.165, 1.54) is 37.8 Å². The summed E-state index contributed by atoms with van der Waals surface area (Å²) in [6.07, 6.45) is 8.78. The van der Waals surface area contributed by atoms with Crippen LogP contribution in [-0.2, 0) is 0 Å². The molecule has 2 nitrogen and oxygen atoms in total. The molecule has 0 N–H and O–H groups in total. The van der Waals surface area contributed by atoms with E-state index in [0.717, 1.165) is 23.6 Å². The quantitative estimate of drug-likeness (QED) is 0.783. The van der Waals surface area contributed by atoms with Crippen LogP contribution in [0.25, 0.3) is 0 Å². The summed E-state index contributed by atoms with van der Waals surface area (Å²) in [5.41, 5.74) is 2.45. The van der Waals surface area contributed by atoms with Gasteiger partial charge < -0.3 is 4.90 Å². The summed E-state index contributed by atoms with van der Waals surface area (Å²) in [6.45, 7) is 3.16. The van der Waals surface area contributed by atoms with Crippen LogP contribution in [-0.4, -0.2) is 22.9 Å². The van der Waals surface area contributed by atoms with Crippen LogP contribution in [0.4, 0.5) is 5.69 Å². The van der Waals surface area contributed by atoms with Crippen molar-refractivity contribution in [3.05, 3.63) is 24.0 Å². The predicted molar refractivity (Wildman–Crippen MR) is 77.0 cm³/mol. The molecule has 1 fully saturated rings. The van der Waals surface area contributed by atoms with Crippen molar-refractivity contribution in [1.29, 1.82) is 0 Å². The molecular weight excluding hydrogens is 276 g/mol. The average Bonchev–Trinajstić information content (AvgIpc) is 2.37. The number of alkyl halides is 1. The van der Waals surface area contributed by atoms with E-state index in [1.807, 2.05) is 6.20 Å². The third kappa shape index (κ3) is 3.44. The van der Waals surface area contributed by atoms with Crippen LogP contribution in [0.3, 0.4) is 0 Å². The highest BCUT2D eigenvalue weighted by molar-refractivity contribution is 9.09. The minimum atomic E-state index is 0.725. The van der Waals surface area contributed by atoms with Crippen molar-refractivity contribution in [1.82, 2.24) is 4.98 Å². The van der Waals surface area contributed by atoms with Crippen molar-refractivity contribution in [2.75, 3.05) is 16.8 Å². The zero-order chi connectivity index (χ0) is 12.1. The number of pyridine rings is 1. The van der Waals surface area contributed by atoms with E-state index < -0.39 is 0 Å². The van der Waals surface area contributed by atoms with E-state index in [9.17, 15) is 0 Å². The minimum absolute atomic E-state index is 0.725. The molecule has 0 spiro atoms. The summed E-state index contributed by atoms with van der Waals surface area (Å²) in [7, 11) is 0. The molecule has 0 unspecified atom stereocenters. The highest BCUT2D eigenvalue weighted by Gasteiger charge is 2.20. The molecule has 3 heteroatoms. The molecule has 1 aromatic rings. The van der Waals surface area contributed by atoms with Gasteiger partial charge in [-0.3, -0.25) is 4.98 Å². The Balaban J connectivity index is 2.15. The summed E-state index contributed by atoms with van der Waals surface area (Å²) in [4.78, 5) is 6.85. The first kappa shape index (κ1) is 12.9. The lowest BCUT2D eigenvalue weighted by atomic mass is 9.94. The molecule has 1 aliphatic rings. The molecule has 1 aliphatic carbocycles. The molecule has 17 heavy (non-hydrogen) atoms. The molecule has 1 aromatic heterocycles. The number of halogens is 1. The van der Waals surface area contributed by atoms with Gasteiger partial charge in [-0.2, -0.15) is 0 Å². The molecule has 0 atom stereocenters. The van der Waals surface area contributed by atoms with Crippen LogP contribution in [0, 0.1) is 6.92 Å². The first-order valence-corrected chi connectivity index (χ1v) is 7.68. The van der Waals surface area contributed by atoms with Gasteiger partial charge in [-0.25, -0.2) is 0 Å². The lowest BCUT2D eigenvalue weighted by Gasteiger charge is -2.36. The average molecular weight is 297 g/mol. The molecule has 0 radical (unpaired) electrons. The summed E-state index contributed by atoms with van der Waals surface area (Å²) in [5.74, 6) is 0. The first-order chi connectivity index (χ1) is 8.31. The molecule has 0 saturated heterocycles. The maximum atomic E-state index is 4.29. The van der Waals surface area contributed by atoms with Gasteiger partial charge in [0.2, 0.25) is 0 Å².